The van der Waals surface area contributed by atoms with Crippen molar-refractivity contribution in [2.75, 3.05) is 5.32 Å². The molecule has 3 rings (SSSR count). The molecule has 20 heavy (non-hydrogen) atoms. The monoisotopic (exact) mass is 268 g/mol. The highest BCUT2D eigenvalue weighted by Gasteiger charge is 2.22. The molecule has 1 aromatic heterocycles. The molecule has 0 atom stereocenters. The van der Waals surface area contributed by atoms with E-state index in [-0.39, 0.29) is 5.91 Å². The number of hydrogen-bond donors (Lipinski definition) is 3. The van der Waals surface area contributed by atoms with Crippen LogP contribution in [0.15, 0.2) is 36.5 Å². The van der Waals surface area contributed by atoms with E-state index < -0.39 is 5.91 Å². The Morgan fingerprint density at radius 2 is 2.15 bits per heavy atom. The minimum absolute atomic E-state index is 0.0974. The first kappa shape index (κ1) is 12.2. The van der Waals surface area contributed by atoms with E-state index in [0.29, 0.717) is 23.5 Å². The third-order valence-electron chi connectivity index (χ3n) is 3.17. The maximum absolute atomic E-state index is 11.6. The number of anilines is 2. The van der Waals surface area contributed by atoms with Crippen molar-refractivity contribution in [1.82, 2.24) is 10.3 Å². The van der Waals surface area contributed by atoms with E-state index in [2.05, 4.69) is 15.6 Å². The summed E-state index contributed by atoms with van der Waals surface area (Å²) in [4.78, 5) is 27.1. The summed E-state index contributed by atoms with van der Waals surface area (Å²) in [6, 6.07) is 8.61. The van der Waals surface area contributed by atoms with Crippen LogP contribution in [0.5, 0.6) is 0 Å². The summed E-state index contributed by atoms with van der Waals surface area (Å²) >= 11 is 0. The lowest BCUT2D eigenvalue weighted by molar-refractivity contribution is 0.0964. The molecule has 0 radical (unpaired) electrons. The number of benzene rings is 1. The molecular weight excluding hydrogens is 256 g/mol. The standard InChI is InChI=1S/C14H12N4O2/c15-12(19)9-4-2-6-16-13(9)18-11-5-1-3-8-10(11)7-17-14(8)20/h1-6H,7H2,(H2,15,19)(H,16,18)(H,17,20). The van der Waals surface area contributed by atoms with Crippen LogP contribution >= 0.6 is 0 Å². The van der Waals surface area contributed by atoms with Crippen LogP contribution in [0, 0.1) is 0 Å². The van der Waals surface area contributed by atoms with Gasteiger partial charge in [0.05, 0.1) is 5.56 Å². The average molecular weight is 268 g/mol. The van der Waals surface area contributed by atoms with Crippen molar-refractivity contribution in [3.63, 3.8) is 0 Å². The SMILES string of the molecule is NC(=O)c1cccnc1Nc1cccc2c1CNC2=O. The summed E-state index contributed by atoms with van der Waals surface area (Å²) < 4.78 is 0. The zero-order valence-electron chi connectivity index (χ0n) is 10.5. The van der Waals surface area contributed by atoms with Gasteiger partial charge in [-0.1, -0.05) is 6.07 Å². The van der Waals surface area contributed by atoms with Gasteiger partial charge in [-0.25, -0.2) is 4.98 Å². The lowest BCUT2D eigenvalue weighted by Gasteiger charge is -2.11. The van der Waals surface area contributed by atoms with E-state index in [0.717, 1.165) is 11.3 Å². The van der Waals surface area contributed by atoms with Crippen molar-refractivity contribution in [3.05, 3.63) is 53.2 Å². The Labute approximate surface area is 115 Å². The summed E-state index contributed by atoms with van der Waals surface area (Å²) in [5, 5.41) is 5.83. The number of nitrogens with zero attached hydrogens (tertiary/aromatic N) is 1. The Morgan fingerprint density at radius 1 is 1.30 bits per heavy atom. The van der Waals surface area contributed by atoms with Gasteiger partial charge in [0.15, 0.2) is 0 Å². The van der Waals surface area contributed by atoms with Crippen LogP contribution in [-0.4, -0.2) is 16.8 Å². The summed E-state index contributed by atoms with van der Waals surface area (Å²) in [6.07, 6.45) is 1.57. The minimum Gasteiger partial charge on any atom is -0.365 e. The number of primary amides is 1. The molecule has 0 saturated heterocycles. The maximum atomic E-state index is 11.6. The highest BCUT2D eigenvalue weighted by Crippen LogP contribution is 2.27. The van der Waals surface area contributed by atoms with E-state index in [9.17, 15) is 9.59 Å². The fourth-order valence-electron chi connectivity index (χ4n) is 2.20. The van der Waals surface area contributed by atoms with Gasteiger partial charge in [0.1, 0.15) is 5.82 Å². The normalized spacial score (nSPS) is 12.7. The van der Waals surface area contributed by atoms with Crippen LogP contribution in [0.4, 0.5) is 11.5 Å². The van der Waals surface area contributed by atoms with Gasteiger partial charge in [-0.15, -0.1) is 0 Å². The van der Waals surface area contributed by atoms with Crippen molar-refractivity contribution >= 4 is 23.3 Å². The molecule has 1 aromatic carbocycles. The molecule has 1 aliphatic heterocycles. The molecule has 0 aliphatic carbocycles. The number of hydrogen-bond acceptors (Lipinski definition) is 4. The number of fused-ring (bicyclic) bond motifs is 1. The van der Waals surface area contributed by atoms with E-state index >= 15 is 0 Å². The molecule has 6 nitrogen and oxygen atoms in total. The van der Waals surface area contributed by atoms with Gasteiger partial charge < -0.3 is 16.4 Å². The molecule has 0 fully saturated rings. The number of amides is 2. The zero-order valence-corrected chi connectivity index (χ0v) is 10.5. The second-order valence-electron chi connectivity index (χ2n) is 4.40. The highest BCUT2D eigenvalue weighted by atomic mass is 16.2. The van der Waals surface area contributed by atoms with Crippen LogP contribution < -0.4 is 16.4 Å². The van der Waals surface area contributed by atoms with Crippen molar-refractivity contribution in [1.29, 1.82) is 0 Å². The molecule has 100 valence electrons. The lowest BCUT2D eigenvalue weighted by atomic mass is 10.1. The molecule has 6 heteroatoms. The molecule has 2 aromatic rings. The van der Waals surface area contributed by atoms with E-state index in [1.165, 1.54) is 0 Å². The number of aromatic nitrogens is 1. The third-order valence-corrected chi connectivity index (χ3v) is 3.17. The Kier molecular flexibility index (Phi) is 2.83. The summed E-state index contributed by atoms with van der Waals surface area (Å²) in [6.45, 7) is 0.454. The predicted octanol–water partition coefficient (Wildman–Crippen LogP) is 1.17. The smallest absolute Gasteiger partial charge is 0.252 e. The largest absolute Gasteiger partial charge is 0.365 e. The molecular formula is C14H12N4O2. The van der Waals surface area contributed by atoms with Crippen LogP contribution in [0.25, 0.3) is 0 Å². The van der Waals surface area contributed by atoms with Gasteiger partial charge in [-0.3, -0.25) is 9.59 Å². The first-order valence-corrected chi connectivity index (χ1v) is 6.09. The van der Waals surface area contributed by atoms with Gasteiger partial charge >= 0.3 is 0 Å². The fraction of sp³-hybridized carbons (Fsp3) is 0.0714. The fourth-order valence-corrected chi connectivity index (χ4v) is 2.20. The Balaban J connectivity index is 2.01. The maximum Gasteiger partial charge on any atom is 0.252 e. The number of rotatable bonds is 3. The Hall–Kier alpha value is -2.89. The molecule has 2 amide bonds. The van der Waals surface area contributed by atoms with Gasteiger partial charge in [-0.2, -0.15) is 0 Å². The summed E-state index contributed by atoms with van der Waals surface area (Å²) in [5.41, 5.74) is 7.85. The quantitative estimate of drug-likeness (QED) is 0.778. The molecule has 0 unspecified atom stereocenters. The predicted molar refractivity (Wildman–Crippen MR) is 73.6 cm³/mol. The molecule has 2 heterocycles. The summed E-state index contributed by atoms with van der Waals surface area (Å²) in [5.74, 6) is -0.269. The summed E-state index contributed by atoms with van der Waals surface area (Å²) in [7, 11) is 0. The van der Waals surface area contributed by atoms with Crippen LogP contribution in [-0.2, 0) is 6.54 Å². The number of nitrogens with one attached hydrogen (secondary N) is 2. The second-order valence-corrected chi connectivity index (χ2v) is 4.40. The average Bonchev–Trinajstić information content (AvgIpc) is 2.82. The molecule has 0 bridgehead atoms. The number of carbonyl (C=O) groups is 2. The molecule has 4 N–H and O–H groups in total. The van der Waals surface area contributed by atoms with Gasteiger partial charge in [0.25, 0.3) is 11.8 Å². The first-order chi connectivity index (χ1) is 9.66. The number of carbonyl (C=O) groups excluding carboxylic acids is 2. The van der Waals surface area contributed by atoms with E-state index in [1.54, 1.807) is 30.5 Å². The molecule has 1 aliphatic rings. The number of pyridine rings is 1. The van der Waals surface area contributed by atoms with Gasteiger partial charge in [-0.05, 0) is 24.3 Å². The van der Waals surface area contributed by atoms with E-state index in [4.69, 9.17) is 5.73 Å². The van der Waals surface area contributed by atoms with Crippen LogP contribution in [0.2, 0.25) is 0 Å². The van der Waals surface area contributed by atoms with Gasteiger partial charge in [0.2, 0.25) is 0 Å². The number of nitrogens with two attached hydrogens (primary N) is 1. The Morgan fingerprint density at radius 3 is 2.95 bits per heavy atom. The van der Waals surface area contributed by atoms with Gasteiger partial charge in [0, 0.05) is 29.6 Å². The lowest BCUT2D eigenvalue weighted by Crippen LogP contribution is -2.14. The third kappa shape index (κ3) is 1.97. The molecule has 0 spiro atoms. The van der Waals surface area contributed by atoms with Crippen LogP contribution in [0.3, 0.4) is 0 Å². The van der Waals surface area contributed by atoms with Crippen molar-refractivity contribution in [2.24, 2.45) is 5.73 Å². The second kappa shape index (κ2) is 4.65. The zero-order chi connectivity index (χ0) is 14.1. The first-order valence-electron chi connectivity index (χ1n) is 6.09. The topological polar surface area (TPSA) is 97.1 Å². The van der Waals surface area contributed by atoms with Crippen LogP contribution in [0.1, 0.15) is 26.3 Å². The Bertz CT molecular complexity index is 712. The van der Waals surface area contributed by atoms with E-state index in [1.807, 2.05) is 6.07 Å². The molecule has 0 saturated carbocycles. The van der Waals surface area contributed by atoms with Crippen molar-refractivity contribution in [2.45, 2.75) is 6.54 Å². The highest BCUT2D eigenvalue weighted by molar-refractivity contribution is 6.01. The minimum atomic E-state index is -0.553. The van der Waals surface area contributed by atoms with Crippen molar-refractivity contribution < 1.29 is 9.59 Å². The van der Waals surface area contributed by atoms with Crippen molar-refractivity contribution in [3.8, 4) is 0 Å².